The van der Waals surface area contributed by atoms with Crippen LogP contribution in [0.1, 0.15) is 30.3 Å². The van der Waals surface area contributed by atoms with Gasteiger partial charge in [0.05, 0.1) is 0 Å². The topological polar surface area (TPSA) is 64.2 Å². The number of piperidine rings is 1. The molecule has 0 bridgehead atoms. The van der Waals surface area contributed by atoms with E-state index in [0.29, 0.717) is 17.4 Å². The zero-order valence-corrected chi connectivity index (χ0v) is 9.81. The van der Waals surface area contributed by atoms with E-state index in [-0.39, 0.29) is 5.91 Å². The molecule has 1 aromatic rings. The van der Waals surface area contributed by atoms with E-state index in [9.17, 15) is 4.79 Å². The predicted molar refractivity (Wildman–Crippen MR) is 61.9 cm³/mol. The molecule has 16 heavy (non-hydrogen) atoms. The summed E-state index contributed by atoms with van der Waals surface area (Å²) in [6.45, 7) is 3.86. The highest BCUT2D eigenvalue weighted by Crippen LogP contribution is 2.18. The third-order valence-corrected chi connectivity index (χ3v) is 3.06. The Morgan fingerprint density at radius 3 is 2.94 bits per heavy atom. The number of rotatable bonds is 1. The minimum atomic E-state index is 0.0400. The largest absolute Gasteiger partial charge is 0.382 e. The number of nitrogens with zero attached hydrogens (tertiary/aromatic N) is 3. The molecule has 1 atom stereocenters. The molecule has 1 saturated heterocycles. The Bertz CT molecular complexity index is 399. The van der Waals surface area contributed by atoms with Gasteiger partial charge in [0.25, 0.3) is 5.91 Å². The normalized spacial score (nSPS) is 21.1. The van der Waals surface area contributed by atoms with Gasteiger partial charge in [-0.15, -0.1) is 0 Å². The molecule has 0 aromatic carbocycles. The molecule has 2 N–H and O–H groups in total. The summed E-state index contributed by atoms with van der Waals surface area (Å²) < 4.78 is 1.55. The van der Waals surface area contributed by atoms with E-state index >= 15 is 0 Å². The molecule has 0 aliphatic carbocycles. The fraction of sp³-hybridized carbons (Fsp3) is 0.636. The van der Waals surface area contributed by atoms with Crippen LogP contribution in [0.5, 0.6) is 0 Å². The first-order chi connectivity index (χ1) is 7.58. The number of aromatic nitrogens is 2. The zero-order chi connectivity index (χ0) is 11.7. The smallest absolute Gasteiger partial charge is 0.272 e. The van der Waals surface area contributed by atoms with Gasteiger partial charge < -0.3 is 10.6 Å². The van der Waals surface area contributed by atoms with Gasteiger partial charge in [0.2, 0.25) is 0 Å². The van der Waals surface area contributed by atoms with E-state index in [4.69, 9.17) is 5.73 Å². The summed E-state index contributed by atoms with van der Waals surface area (Å²) in [7, 11) is 1.75. The van der Waals surface area contributed by atoms with Crippen molar-refractivity contribution in [2.45, 2.75) is 19.8 Å². The van der Waals surface area contributed by atoms with E-state index in [2.05, 4.69) is 12.0 Å². The molecule has 1 aromatic heterocycles. The summed E-state index contributed by atoms with van der Waals surface area (Å²) >= 11 is 0. The molecule has 1 fully saturated rings. The summed E-state index contributed by atoms with van der Waals surface area (Å²) in [5.41, 5.74) is 6.15. The molecule has 1 aliphatic rings. The van der Waals surface area contributed by atoms with Crippen LogP contribution in [0.4, 0.5) is 5.82 Å². The SMILES string of the molecule is C[C@@H]1CCCN(C(=O)c2cc(N)nn2C)C1. The molecule has 1 amide bonds. The van der Waals surface area contributed by atoms with E-state index < -0.39 is 0 Å². The Morgan fingerprint density at radius 2 is 2.38 bits per heavy atom. The number of carbonyl (C=O) groups excluding carboxylic acids is 1. The summed E-state index contributed by atoms with van der Waals surface area (Å²) in [5, 5.41) is 3.99. The number of anilines is 1. The fourth-order valence-corrected chi connectivity index (χ4v) is 2.23. The maximum absolute atomic E-state index is 12.2. The standard InChI is InChI=1S/C11H18N4O/c1-8-4-3-5-15(7-8)11(16)9-6-10(12)13-14(9)2/h6,8H,3-5,7H2,1-2H3,(H2,12,13)/t8-/m1/s1. The van der Waals surface area contributed by atoms with Gasteiger partial charge in [0, 0.05) is 26.2 Å². The van der Waals surface area contributed by atoms with Gasteiger partial charge in [0.15, 0.2) is 0 Å². The van der Waals surface area contributed by atoms with Crippen molar-refractivity contribution in [3.05, 3.63) is 11.8 Å². The predicted octanol–water partition coefficient (Wildman–Crippen LogP) is 0.874. The van der Waals surface area contributed by atoms with Gasteiger partial charge in [-0.25, -0.2) is 0 Å². The maximum atomic E-state index is 12.2. The van der Waals surface area contributed by atoms with E-state index in [1.807, 2.05) is 4.90 Å². The van der Waals surface area contributed by atoms with Crippen molar-refractivity contribution in [2.75, 3.05) is 18.8 Å². The number of hydrogen-bond acceptors (Lipinski definition) is 3. The first-order valence-electron chi connectivity index (χ1n) is 5.66. The average Bonchev–Trinajstić information content (AvgIpc) is 2.57. The van der Waals surface area contributed by atoms with Crippen LogP contribution in [0.25, 0.3) is 0 Å². The second-order valence-corrected chi connectivity index (χ2v) is 4.58. The molecule has 2 rings (SSSR count). The van der Waals surface area contributed by atoms with Crippen molar-refractivity contribution in [1.82, 2.24) is 14.7 Å². The maximum Gasteiger partial charge on any atom is 0.272 e. The molecule has 0 spiro atoms. The average molecular weight is 222 g/mol. The monoisotopic (exact) mass is 222 g/mol. The Labute approximate surface area is 95.2 Å². The molecule has 5 nitrogen and oxygen atoms in total. The van der Waals surface area contributed by atoms with Crippen molar-refractivity contribution in [3.63, 3.8) is 0 Å². The van der Waals surface area contributed by atoms with Gasteiger partial charge in [-0.1, -0.05) is 6.92 Å². The van der Waals surface area contributed by atoms with Crippen LogP contribution in [0.2, 0.25) is 0 Å². The number of likely N-dealkylation sites (tertiary alicyclic amines) is 1. The van der Waals surface area contributed by atoms with Crippen LogP contribution < -0.4 is 5.73 Å². The summed E-state index contributed by atoms with van der Waals surface area (Å²) in [6.07, 6.45) is 2.29. The van der Waals surface area contributed by atoms with Gasteiger partial charge >= 0.3 is 0 Å². The highest BCUT2D eigenvalue weighted by atomic mass is 16.2. The number of aryl methyl sites for hydroxylation is 1. The van der Waals surface area contributed by atoms with E-state index in [1.165, 1.54) is 6.42 Å². The lowest BCUT2D eigenvalue weighted by Gasteiger charge is -2.30. The summed E-state index contributed by atoms with van der Waals surface area (Å²) in [5.74, 6) is 1.03. The molecule has 88 valence electrons. The Morgan fingerprint density at radius 1 is 1.62 bits per heavy atom. The molecular formula is C11H18N4O. The van der Waals surface area contributed by atoms with E-state index in [0.717, 1.165) is 19.5 Å². The minimum absolute atomic E-state index is 0.0400. The zero-order valence-electron chi connectivity index (χ0n) is 9.81. The van der Waals surface area contributed by atoms with Crippen molar-refractivity contribution in [2.24, 2.45) is 13.0 Å². The highest BCUT2D eigenvalue weighted by molar-refractivity contribution is 5.93. The number of amides is 1. The lowest BCUT2D eigenvalue weighted by molar-refractivity contribution is 0.0672. The van der Waals surface area contributed by atoms with Crippen LogP contribution >= 0.6 is 0 Å². The van der Waals surface area contributed by atoms with Gasteiger partial charge in [-0.3, -0.25) is 9.48 Å². The Hall–Kier alpha value is -1.52. The second kappa shape index (κ2) is 4.15. The first-order valence-corrected chi connectivity index (χ1v) is 5.66. The van der Waals surface area contributed by atoms with Crippen molar-refractivity contribution in [1.29, 1.82) is 0 Å². The van der Waals surface area contributed by atoms with Crippen molar-refractivity contribution >= 4 is 11.7 Å². The van der Waals surface area contributed by atoms with Crippen LogP contribution in [0.15, 0.2) is 6.07 Å². The molecule has 0 saturated carbocycles. The second-order valence-electron chi connectivity index (χ2n) is 4.58. The lowest BCUT2D eigenvalue weighted by Crippen LogP contribution is -2.39. The Balaban J connectivity index is 2.15. The molecule has 5 heteroatoms. The Kier molecular flexibility index (Phi) is 2.85. The third kappa shape index (κ3) is 2.03. The molecule has 0 unspecified atom stereocenters. The van der Waals surface area contributed by atoms with Gasteiger partial charge in [0.1, 0.15) is 11.5 Å². The number of hydrogen-bond donors (Lipinski definition) is 1. The highest BCUT2D eigenvalue weighted by Gasteiger charge is 2.24. The third-order valence-electron chi connectivity index (χ3n) is 3.06. The van der Waals surface area contributed by atoms with Gasteiger partial charge in [-0.2, -0.15) is 5.10 Å². The minimum Gasteiger partial charge on any atom is -0.382 e. The van der Waals surface area contributed by atoms with Crippen LogP contribution in [0.3, 0.4) is 0 Å². The van der Waals surface area contributed by atoms with E-state index in [1.54, 1.807) is 17.8 Å². The quantitative estimate of drug-likeness (QED) is 0.767. The molecule has 2 heterocycles. The fourth-order valence-electron chi connectivity index (χ4n) is 2.23. The number of carbonyl (C=O) groups is 1. The summed E-state index contributed by atoms with van der Waals surface area (Å²) in [6, 6.07) is 1.64. The van der Waals surface area contributed by atoms with Crippen molar-refractivity contribution < 1.29 is 4.79 Å². The first kappa shape index (κ1) is 11.0. The molecule has 1 aliphatic heterocycles. The van der Waals surface area contributed by atoms with Crippen LogP contribution in [-0.4, -0.2) is 33.7 Å². The molecule has 0 radical (unpaired) electrons. The number of nitrogen functional groups attached to an aromatic ring is 1. The van der Waals surface area contributed by atoms with Gasteiger partial charge in [-0.05, 0) is 18.8 Å². The van der Waals surface area contributed by atoms with Crippen molar-refractivity contribution in [3.8, 4) is 0 Å². The van der Waals surface area contributed by atoms with Crippen LogP contribution in [0, 0.1) is 5.92 Å². The number of nitrogens with two attached hydrogens (primary N) is 1. The molecular weight excluding hydrogens is 204 g/mol. The summed E-state index contributed by atoms with van der Waals surface area (Å²) in [4.78, 5) is 14.1. The lowest BCUT2D eigenvalue weighted by atomic mass is 10.00. The van der Waals surface area contributed by atoms with Crippen LogP contribution in [-0.2, 0) is 7.05 Å².